The van der Waals surface area contributed by atoms with E-state index in [1.165, 1.54) is 12.1 Å². The Balaban J connectivity index is 2.11. The molecule has 1 heterocycles. The lowest BCUT2D eigenvalue weighted by Crippen LogP contribution is -2.30. The Labute approximate surface area is 125 Å². The van der Waals surface area contributed by atoms with Crippen LogP contribution in [0.3, 0.4) is 0 Å². The molecule has 0 amide bonds. The van der Waals surface area contributed by atoms with Gasteiger partial charge in [0.1, 0.15) is 11.6 Å². The molecule has 0 aliphatic carbocycles. The first-order valence-corrected chi connectivity index (χ1v) is 9.07. The van der Waals surface area contributed by atoms with Gasteiger partial charge in [0.15, 0.2) is 0 Å². The molecule has 1 atom stereocenters. The van der Waals surface area contributed by atoms with Gasteiger partial charge in [-0.15, -0.1) is 0 Å². The second-order valence-corrected chi connectivity index (χ2v) is 7.29. The molecule has 1 saturated heterocycles. The molecule has 1 aliphatic rings. The summed E-state index contributed by atoms with van der Waals surface area (Å²) >= 11 is 0. The van der Waals surface area contributed by atoms with Crippen molar-refractivity contribution >= 4 is 7.60 Å². The predicted octanol–water partition coefficient (Wildman–Crippen LogP) is 4.01. The van der Waals surface area contributed by atoms with E-state index in [-0.39, 0.29) is 11.6 Å². The maximum atomic E-state index is 13.0. The largest absolute Gasteiger partial charge is 0.347 e. The van der Waals surface area contributed by atoms with Crippen molar-refractivity contribution in [2.75, 3.05) is 19.8 Å². The van der Waals surface area contributed by atoms with Crippen molar-refractivity contribution in [2.45, 2.75) is 39.0 Å². The van der Waals surface area contributed by atoms with Gasteiger partial charge in [-0.05, 0) is 50.9 Å². The number of rotatable bonds is 7. The van der Waals surface area contributed by atoms with E-state index in [1.807, 2.05) is 13.8 Å². The molecular formula is C15H23FNO3P. The predicted molar refractivity (Wildman–Crippen MR) is 80.7 cm³/mol. The second kappa shape index (κ2) is 7.50. The maximum absolute atomic E-state index is 13.0. The van der Waals surface area contributed by atoms with Crippen molar-refractivity contribution in [3.05, 3.63) is 35.6 Å². The fraction of sp³-hybridized carbons (Fsp3) is 0.600. The van der Waals surface area contributed by atoms with E-state index >= 15 is 0 Å². The third-order valence-electron chi connectivity index (χ3n) is 3.61. The highest BCUT2D eigenvalue weighted by molar-refractivity contribution is 7.54. The van der Waals surface area contributed by atoms with Gasteiger partial charge in [0, 0.05) is 6.54 Å². The van der Waals surface area contributed by atoms with E-state index in [1.54, 1.807) is 12.1 Å². The van der Waals surface area contributed by atoms with E-state index in [2.05, 4.69) is 4.90 Å². The summed E-state index contributed by atoms with van der Waals surface area (Å²) in [6.07, 6.45) is 1.77. The lowest BCUT2D eigenvalue weighted by Gasteiger charge is -2.30. The first-order chi connectivity index (χ1) is 10.1. The van der Waals surface area contributed by atoms with Gasteiger partial charge in [-0.1, -0.05) is 12.1 Å². The lowest BCUT2D eigenvalue weighted by atomic mass is 10.2. The van der Waals surface area contributed by atoms with Gasteiger partial charge in [0.05, 0.1) is 13.2 Å². The zero-order valence-corrected chi connectivity index (χ0v) is 13.5. The van der Waals surface area contributed by atoms with Crippen LogP contribution in [-0.4, -0.2) is 30.4 Å². The van der Waals surface area contributed by atoms with Crippen molar-refractivity contribution < 1.29 is 18.0 Å². The van der Waals surface area contributed by atoms with Crippen molar-refractivity contribution in [2.24, 2.45) is 0 Å². The second-order valence-electron chi connectivity index (χ2n) is 5.10. The molecule has 1 fully saturated rings. The molecule has 0 aromatic heterocycles. The molecule has 6 heteroatoms. The number of hydrogen-bond donors (Lipinski definition) is 0. The fourth-order valence-electron chi connectivity index (χ4n) is 2.74. The number of likely N-dealkylation sites (tertiary alicyclic amines) is 1. The molecule has 2 rings (SSSR count). The summed E-state index contributed by atoms with van der Waals surface area (Å²) in [6.45, 7) is 5.88. The normalized spacial score (nSPS) is 20.0. The number of halogens is 1. The molecule has 1 aromatic carbocycles. The van der Waals surface area contributed by atoms with E-state index in [4.69, 9.17) is 9.05 Å². The highest BCUT2D eigenvalue weighted by atomic mass is 31.2. The van der Waals surface area contributed by atoms with E-state index in [0.29, 0.717) is 19.8 Å². The van der Waals surface area contributed by atoms with Gasteiger partial charge in [-0.25, -0.2) is 4.39 Å². The summed E-state index contributed by atoms with van der Waals surface area (Å²) in [5.74, 6) is -0.450. The molecule has 21 heavy (non-hydrogen) atoms. The SMILES string of the molecule is CCOP(=O)(OCC)C1CCCN1Cc1ccc(F)cc1. The van der Waals surface area contributed by atoms with Gasteiger partial charge < -0.3 is 9.05 Å². The molecule has 1 aliphatic heterocycles. The van der Waals surface area contributed by atoms with Crippen LogP contribution >= 0.6 is 7.60 Å². The van der Waals surface area contributed by atoms with Crippen molar-refractivity contribution in [3.8, 4) is 0 Å². The Morgan fingerprint density at radius 1 is 1.24 bits per heavy atom. The molecule has 1 unspecified atom stereocenters. The van der Waals surface area contributed by atoms with Crippen LogP contribution in [0.2, 0.25) is 0 Å². The first kappa shape index (κ1) is 16.6. The van der Waals surface area contributed by atoms with Gasteiger partial charge >= 0.3 is 7.60 Å². The Morgan fingerprint density at radius 2 is 1.86 bits per heavy atom. The number of benzene rings is 1. The quantitative estimate of drug-likeness (QED) is 0.713. The molecule has 0 N–H and O–H groups in total. The Bertz CT molecular complexity index is 484. The Morgan fingerprint density at radius 3 is 2.43 bits per heavy atom. The van der Waals surface area contributed by atoms with E-state index < -0.39 is 7.60 Å². The molecule has 0 spiro atoms. The Hall–Kier alpha value is -0.740. The number of nitrogens with zero attached hydrogens (tertiary/aromatic N) is 1. The lowest BCUT2D eigenvalue weighted by molar-refractivity contribution is 0.179. The zero-order valence-electron chi connectivity index (χ0n) is 12.6. The average Bonchev–Trinajstić information content (AvgIpc) is 2.91. The zero-order chi connectivity index (χ0) is 15.3. The van der Waals surface area contributed by atoms with Crippen LogP contribution in [0.1, 0.15) is 32.3 Å². The van der Waals surface area contributed by atoms with E-state index in [0.717, 1.165) is 24.9 Å². The van der Waals surface area contributed by atoms with Crippen LogP contribution < -0.4 is 0 Å². The highest BCUT2D eigenvalue weighted by Gasteiger charge is 2.42. The third-order valence-corrected chi connectivity index (χ3v) is 6.16. The van der Waals surface area contributed by atoms with Gasteiger partial charge in [0.25, 0.3) is 0 Å². The molecule has 118 valence electrons. The molecule has 0 bridgehead atoms. The Kier molecular flexibility index (Phi) is 5.94. The smallest absolute Gasteiger partial charge is 0.308 e. The third kappa shape index (κ3) is 4.13. The first-order valence-electron chi connectivity index (χ1n) is 7.46. The summed E-state index contributed by atoms with van der Waals surface area (Å²) in [4.78, 5) is 2.12. The van der Waals surface area contributed by atoms with Crippen LogP contribution in [0.15, 0.2) is 24.3 Å². The summed E-state index contributed by atoms with van der Waals surface area (Å²) in [5, 5.41) is 0. The number of hydrogen-bond acceptors (Lipinski definition) is 4. The average molecular weight is 315 g/mol. The molecule has 0 radical (unpaired) electrons. The summed E-state index contributed by atoms with van der Waals surface area (Å²) in [6, 6.07) is 6.42. The van der Waals surface area contributed by atoms with Crippen LogP contribution in [-0.2, 0) is 20.2 Å². The van der Waals surface area contributed by atoms with Crippen LogP contribution in [0.4, 0.5) is 4.39 Å². The van der Waals surface area contributed by atoms with Crippen molar-refractivity contribution in [1.29, 1.82) is 0 Å². The topological polar surface area (TPSA) is 38.8 Å². The maximum Gasteiger partial charge on any atom is 0.347 e. The van der Waals surface area contributed by atoms with Gasteiger partial charge in [-0.3, -0.25) is 9.46 Å². The molecule has 0 saturated carbocycles. The minimum absolute atomic E-state index is 0.206. The molecule has 1 aromatic rings. The summed E-state index contributed by atoms with van der Waals surface area (Å²) < 4.78 is 36.8. The van der Waals surface area contributed by atoms with E-state index in [9.17, 15) is 8.96 Å². The van der Waals surface area contributed by atoms with Gasteiger partial charge in [0.2, 0.25) is 0 Å². The summed E-state index contributed by atoms with van der Waals surface area (Å²) in [7, 11) is -3.12. The van der Waals surface area contributed by atoms with Crippen molar-refractivity contribution in [1.82, 2.24) is 4.90 Å². The molecular weight excluding hydrogens is 292 g/mol. The van der Waals surface area contributed by atoms with Gasteiger partial charge in [-0.2, -0.15) is 0 Å². The van der Waals surface area contributed by atoms with Crippen LogP contribution in [0.5, 0.6) is 0 Å². The minimum atomic E-state index is -3.12. The van der Waals surface area contributed by atoms with Crippen LogP contribution in [0.25, 0.3) is 0 Å². The monoisotopic (exact) mass is 315 g/mol. The van der Waals surface area contributed by atoms with Crippen molar-refractivity contribution in [3.63, 3.8) is 0 Å². The van der Waals surface area contributed by atoms with Crippen LogP contribution in [0, 0.1) is 5.82 Å². The standard InChI is InChI=1S/C15H23FNO3P/c1-3-19-21(18,20-4-2)15-6-5-11-17(15)12-13-7-9-14(16)10-8-13/h7-10,15H,3-6,11-12H2,1-2H3. The minimum Gasteiger partial charge on any atom is -0.308 e. The molecule has 4 nitrogen and oxygen atoms in total. The highest BCUT2D eigenvalue weighted by Crippen LogP contribution is 2.57. The summed E-state index contributed by atoms with van der Waals surface area (Å²) in [5.41, 5.74) is 1.00. The fourth-order valence-corrected chi connectivity index (χ4v) is 4.98.